The first-order valence-corrected chi connectivity index (χ1v) is 10.5. The lowest BCUT2D eigenvalue weighted by atomic mass is 10.0. The third-order valence-corrected chi connectivity index (χ3v) is 5.14. The Bertz CT molecular complexity index is 861. The van der Waals surface area contributed by atoms with Gasteiger partial charge in [-0.05, 0) is 42.2 Å². The van der Waals surface area contributed by atoms with Gasteiger partial charge in [-0.2, -0.15) is 0 Å². The van der Waals surface area contributed by atoms with Crippen LogP contribution in [0.1, 0.15) is 37.4 Å². The molecule has 0 spiro atoms. The molecule has 3 rings (SSSR count). The molecular formula is C24H31N3O3. The highest BCUT2D eigenvalue weighted by Gasteiger charge is 2.24. The number of ether oxygens (including phenoxy) is 1. The van der Waals surface area contributed by atoms with Crippen molar-refractivity contribution >= 4 is 23.2 Å². The van der Waals surface area contributed by atoms with E-state index in [-0.39, 0.29) is 17.7 Å². The van der Waals surface area contributed by atoms with Gasteiger partial charge in [-0.15, -0.1) is 0 Å². The molecule has 0 bridgehead atoms. The zero-order valence-electron chi connectivity index (χ0n) is 18.0. The number of benzene rings is 2. The summed E-state index contributed by atoms with van der Waals surface area (Å²) in [6.07, 6.45) is 0.379. The summed E-state index contributed by atoms with van der Waals surface area (Å²) in [5, 5.41) is 5.89. The summed E-state index contributed by atoms with van der Waals surface area (Å²) in [7, 11) is 0. The molecule has 1 aliphatic rings. The average Bonchev–Trinajstić information content (AvgIpc) is 2.74. The lowest BCUT2D eigenvalue weighted by molar-refractivity contribution is -0.127. The second-order valence-electron chi connectivity index (χ2n) is 8.10. The molecule has 6 heteroatoms. The van der Waals surface area contributed by atoms with Gasteiger partial charge in [0.2, 0.25) is 5.91 Å². The Balaban J connectivity index is 1.75. The summed E-state index contributed by atoms with van der Waals surface area (Å²) in [5.74, 6) is -0.159. The van der Waals surface area contributed by atoms with Crippen molar-refractivity contribution < 1.29 is 14.3 Å². The Morgan fingerprint density at radius 1 is 1.07 bits per heavy atom. The maximum Gasteiger partial charge on any atom is 0.251 e. The number of amides is 2. The van der Waals surface area contributed by atoms with E-state index in [1.807, 2.05) is 63.2 Å². The normalized spacial score (nSPS) is 15.0. The van der Waals surface area contributed by atoms with Crippen molar-refractivity contribution in [1.29, 1.82) is 0 Å². The summed E-state index contributed by atoms with van der Waals surface area (Å²) >= 11 is 0. The van der Waals surface area contributed by atoms with Gasteiger partial charge in [0.15, 0.2) is 0 Å². The van der Waals surface area contributed by atoms with Gasteiger partial charge in [0.25, 0.3) is 5.91 Å². The van der Waals surface area contributed by atoms with Crippen molar-refractivity contribution in [2.24, 2.45) is 5.92 Å². The molecule has 1 unspecified atom stereocenters. The van der Waals surface area contributed by atoms with Crippen LogP contribution < -0.4 is 15.5 Å². The molecule has 1 heterocycles. The molecule has 0 aliphatic carbocycles. The fourth-order valence-electron chi connectivity index (χ4n) is 3.55. The fraction of sp³-hybridized carbons (Fsp3) is 0.417. The average molecular weight is 410 g/mol. The summed E-state index contributed by atoms with van der Waals surface area (Å²) in [5.41, 5.74) is 3.61. The first-order chi connectivity index (χ1) is 14.4. The fourth-order valence-corrected chi connectivity index (χ4v) is 3.55. The first-order valence-electron chi connectivity index (χ1n) is 10.5. The highest BCUT2D eigenvalue weighted by molar-refractivity contribution is 5.98. The SMILES string of the molecule is Cc1cc(N2CCOCC2)ccc1NC(=O)C(NC(=O)CC(C)C)c1ccccc1. The number of carbonyl (C=O) groups is 2. The molecule has 0 radical (unpaired) electrons. The van der Waals surface area contributed by atoms with Gasteiger partial charge in [0, 0.05) is 30.9 Å². The van der Waals surface area contributed by atoms with E-state index >= 15 is 0 Å². The van der Waals surface area contributed by atoms with Crippen LogP contribution in [-0.4, -0.2) is 38.1 Å². The molecule has 2 N–H and O–H groups in total. The lowest BCUT2D eigenvalue weighted by Crippen LogP contribution is -2.37. The first kappa shape index (κ1) is 21.8. The lowest BCUT2D eigenvalue weighted by Gasteiger charge is -2.29. The number of rotatable bonds is 7. The maximum absolute atomic E-state index is 13.1. The quantitative estimate of drug-likeness (QED) is 0.732. The van der Waals surface area contributed by atoms with Crippen molar-refractivity contribution in [2.45, 2.75) is 33.2 Å². The van der Waals surface area contributed by atoms with E-state index in [9.17, 15) is 9.59 Å². The van der Waals surface area contributed by atoms with Gasteiger partial charge >= 0.3 is 0 Å². The second kappa shape index (κ2) is 10.3. The molecule has 1 fully saturated rings. The Kier molecular flexibility index (Phi) is 7.46. The highest BCUT2D eigenvalue weighted by atomic mass is 16.5. The van der Waals surface area contributed by atoms with Crippen LogP contribution in [0.4, 0.5) is 11.4 Å². The predicted octanol–water partition coefficient (Wildman–Crippen LogP) is 3.67. The molecule has 2 aromatic carbocycles. The minimum absolute atomic E-state index is 0.131. The van der Waals surface area contributed by atoms with E-state index in [2.05, 4.69) is 21.6 Å². The van der Waals surface area contributed by atoms with E-state index in [0.29, 0.717) is 6.42 Å². The molecular weight excluding hydrogens is 378 g/mol. The third-order valence-electron chi connectivity index (χ3n) is 5.14. The van der Waals surface area contributed by atoms with Crippen LogP contribution in [0.15, 0.2) is 48.5 Å². The van der Waals surface area contributed by atoms with Crippen LogP contribution in [0.3, 0.4) is 0 Å². The molecule has 2 aromatic rings. The molecule has 1 atom stereocenters. The van der Waals surface area contributed by atoms with Crippen LogP contribution in [0, 0.1) is 12.8 Å². The molecule has 1 saturated heterocycles. The molecule has 6 nitrogen and oxygen atoms in total. The molecule has 0 saturated carbocycles. The summed E-state index contributed by atoms with van der Waals surface area (Å²) in [4.78, 5) is 27.8. The van der Waals surface area contributed by atoms with E-state index < -0.39 is 6.04 Å². The number of nitrogens with one attached hydrogen (secondary N) is 2. The van der Waals surface area contributed by atoms with Gasteiger partial charge in [0.05, 0.1) is 13.2 Å². The van der Waals surface area contributed by atoms with Crippen molar-refractivity contribution in [3.63, 3.8) is 0 Å². The van der Waals surface area contributed by atoms with E-state index in [0.717, 1.165) is 48.8 Å². The number of carbonyl (C=O) groups excluding carboxylic acids is 2. The summed E-state index contributed by atoms with van der Waals surface area (Å²) < 4.78 is 5.42. The number of morpholine rings is 1. The topological polar surface area (TPSA) is 70.7 Å². The largest absolute Gasteiger partial charge is 0.378 e. The Hall–Kier alpha value is -2.86. The highest BCUT2D eigenvalue weighted by Crippen LogP contribution is 2.25. The Morgan fingerprint density at radius 3 is 2.40 bits per heavy atom. The molecule has 30 heavy (non-hydrogen) atoms. The Labute approximate surface area is 178 Å². The van der Waals surface area contributed by atoms with Crippen LogP contribution in [0.25, 0.3) is 0 Å². The molecule has 1 aliphatic heterocycles. The monoisotopic (exact) mass is 409 g/mol. The van der Waals surface area contributed by atoms with Crippen LogP contribution in [0.5, 0.6) is 0 Å². The van der Waals surface area contributed by atoms with Crippen molar-refractivity contribution in [1.82, 2.24) is 5.32 Å². The van der Waals surface area contributed by atoms with Crippen LogP contribution in [0.2, 0.25) is 0 Å². The minimum atomic E-state index is -0.740. The van der Waals surface area contributed by atoms with E-state index in [1.165, 1.54) is 0 Å². The minimum Gasteiger partial charge on any atom is -0.378 e. The predicted molar refractivity (Wildman–Crippen MR) is 120 cm³/mol. The zero-order valence-corrected chi connectivity index (χ0v) is 18.0. The van der Waals surface area contributed by atoms with Crippen molar-refractivity contribution in [2.75, 3.05) is 36.5 Å². The van der Waals surface area contributed by atoms with Crippen molar-refractivity contribution in [3.05, 3.63) is 59.7 Å². The van der Waals surface area contributed by atoms with Gasteiger partial charge in [0.1, 0.15) is 6.04 Å². The standard InChI is InChI=1S/C24H31N3O3/c1-17(2)15-22(28)26-23(19-7-5-4-6-8-19)24(29)25-21-10-9-20(16-18(21)3)27-11-13-30-14-12-27/h4-10,16-17,23H,11-15H2,1-3H3,(H,25,29)(H,26,28). The van der Waals surface area contributed by atoms with Gasteiger partial charge < -0.3 is 20.3 Å². The summed E-state index contributed by atoms with van der Waals surface area (Å²) in [6, 6.07) is 14.6. The number of aryl methyl sites for hydroxylation is 1. The van der Waals surface area contributed by atoms with E-state index in [4.69, 9.17) is 4.74 Å². The van der Waals surface area contributed by atoms with E-state index in [1.54, 1.807) is 0 Å². The third kappa shape index (κ3) is 5.83. The van der Waals surface area contributed by atoms with Gasteiger partial charge in [-0.1, -0.05) is 44.2 Å². The number of hydrogen-bond acceptors (Lipinski definition) is 4. The second-order valence-corrected chi connectivity index (χ2v) is 8.10. The Morgan fingerprint density at radius 2 is 1.77 bits per heavy atom. The van der Waals surface area contributed by atoms with Gasteiger partial charge in [-0.3, -0.25) is 9.59 Å². The molecule has 2 amide bonds. The number of hydrogen-bond donors (Lipinski definition) is 2. The molecule has 160 valence electrons. The van der Waals surface area contributed by atoms with Crippen LogP contribution in [-0.2, 0) is 14.3 Å². The van der Waals surface area contributed by atoms with Crippen molar-refractivity contribution in [3.8, 4) is 0 Å². The summed E-state index contributed by atoms with van der Waals surface area (Å²) in [6.45, 7) is 9.13. The number of nitrogens with zero attached hydrogens (tertiary/aromatic N) is 1. The number of anilines is 2. The van der Waals surface area contributed by atoms with Gasteiger partial charge in [-0.25, -0.2) is 0 Å². The van der Waals surface area contributed by atoms with Crippen LogP contribution >= 0.6 is 0 Å². The zero-order chi connectivity index (χ0) is 21.5. The maximum atomic E-state index is 13.1. The smallest absolute Gasteiger partial charge is 0.251 e. The molecule has 0 aromatic heterocycles.